The van der Waals surface area contributed by atoms with Gasteiger partial charge in [-0.1, -0.05) is 19.1 Å². The molecular weight excluding hydrogens is 210 g/mol. The Balaban J connectivity index is 1.86. The zero-order valence-electron chi connectivity index (χ0n) is 11.1. The summed E-state index contributed by atoms with van der Waals surface area (Å²) in [5.74, 6) is 1.68. The van der Waals surface area contributed by atoms with Crippen molar-refractivity contribution in [3.05, 3.63) is 29.3 Å². The molecule has 0 spiro atoms. The fraction of sp³-hybridized carbons (Fsp3) is 0.600. The summed E-state index contributed by atoms with van der Waals surface area (Å²) in [6.07, 6.45) is 3.88. The second-order valence-electron chi connectivity index (χ2n) is 5.30. The van der Waals surface area contributed by atoms with Crippen LogP contribution in [0.25, 0.3) is 0 Å². The molecule has 0 aromatic heterocycles. The Morgan fingerprint density at radius 2 is 2.18 bits per heavy atom. The fourth-order valence-electron chi connectivity index (χ4n) is 2.20. The van der Waals surface area contributed by atoms with Crippen LogP contribution in [0.1, 0.15) is 30.9 Å². The molecule has 0 saturated heterocycles. The van der Waals surface area contributed by atoms with E-state index in [2.05, 4.69) is 37.4 Å². The summed E-state index contributed by atoms with van der Waals surface area (Å²) in [5, 5.41) is 3.59. The lowest BCUT2D eigenvalue weighted by atomic mass is 9.99. The lowest BCUT2D eigenvalue weighted by Gasteiger charge is -2.13. The van der Waals surface area contributed by atoms with Crippen molar-refractivity contribution >= 4 is 0 Å². The van der Waals surface area contributed by atoms with E-state index in [0.717, 1.165) is 24.8 Å². The molecule has 2 rings (SSSR count). The number of hydrogen-bond acceptors (Lipinski definition) is 2. The zero-order chi connectivity index (χ0) is 12.3. The quantitative estimate of drug-likeness (QED) is 0.815. The molecule has 1 fully saturated rings. The molecule has 1 aromatic rings. The van der Waals surface area contributed by atoms with Gasteiger partial charge in [0.2, 0.25) is 0 Å². The van der Waals surface area contributed by atoms with Gasteiger partial charge in [-0.3, -0.25) is 0 Å². The number of benzene rings is 1. The van der Waals surface area contributed by atoms with Crippen LogP contribution >= 0.6 is 0 Å². The van der Waals surface area contributed by atoms with Gasteiger partial charge < -0.3 is 10.1 Å². The van der Waals surface area contributed by atoms with Crippen molar-refractivity contribution in [1.29, 1.82) is 0 Å². The molecule has 17 heavy (non-hydrogen) atoms. The minimum atomic E-state index is 0.698. The minimum absolute atomic E-state index is 0.698. The van der Waals surface area contributed by atoms with Crippen LogP contribution in [0.4, 0.5) is 0 Å². The van der Waals surface area contributed by atoms with Crippen molar-refractivity contribution in [2.45, 2.75) is 39.2 Å². The standard InChI is InChI=1S/C15H23NO/c1-11(10-16-14-5-6-14)8-13-4-7-15(17-3)12(2)9-13/h4,7,9,11,14,16H,5-6,8,10H2,1-3H3. The Labute approximate surface area is 104 Å². The van der Waals surface area contributed by atoms with Crippen molar-refractivity contribution < 1.29 is 4.74 Å². The predicted molar refractivity (Wildman–Crippen MR) is 71.6 cm³/mol. The van der Waals surface area contributed by atoms with Gasteiger partial charge in [-0.15, -0.1) is 0 Å². The first-order chi connectivity index (χ1) is 8.19. The van der Waals surface area contributed by atoms with Gasteiger partial charge >= 0.3 is 0 Å². The molecule has 1 unspecified atom stereocenters. The van der Waals surface area contributed by atoms with Gasteiger partial charge in [0, 0.05) is 6.04 Å². The van der Waals surface area contributed by atoms with Crippen molar-refractivity contribution in [2.24, 2.45) is 5.92 Å². The first kappa shape index (κ1) is 12.4. The van der Waals surface area contributed by atoms with E-state index in [1.165, 1.54) is 24.0 Å². The first-order valence-electron chi connectivity index (χ1n) is 6.56. The number of ether oxygens (including phenoxy) is 1. The molecule has 2 heteroatoms. The van der Waals surface area contributed by atoms with Crippen molar-refractivity contribution in [2.75, 3.05) is 13.7 Å². The second-order valence-corrected chi connectivity index (χ2v) is 5.30. The highest BCUT2D eigenvalue weighted by molar-refractivity contribution is 5.36. The lowest BCUT2D eigenvalue weighted by Crippen LogP contribution is -2.24. The van der Waals surface area contributed by atoms with Gasteiger partial charge in [0.1, 0.15) is 5.75 Å². The van der Waals surface area contributed by atoms with Crippen LogP contribution in [0.5, 0.6) is 5.75 Å². The summed E-state index contributed by atoms with van der Waals surface area (Å²) in [6.45, 7) is 5.56. The molecule has 0 aliphatic heterocycles. The van der Waals surface area contributed by atoms with E-state index in [-0.39, 0.29) is 0 Å². The van der Waals surface area contributed by atoms with Crippen LogP contribution in [-0.2, 0) is 6.42 Å². The molecule has 0 radical (unpaired) electrons. The summed E-state index contributed by atoms with van der Waals surface area (Å²) < 4.78 is 5.28. The minimum Gasteiger partial charge on any atom is -0.496 e. The zero-order valence-corrected chi connectivity index (χ0v) is 11.1. The van der Waals surface area contributed by atoms with Gasteiger partial charge in [-0.2, -0.15) is 0 Å². The predicted octanol–water partition coefficient (Wildman–Crippen LogP) is 2.93. The van der Waals surface area contributed by atoms with E-state index in [0.29, 0.717) is 5.92 Å². The average Bonchev–Trinajstić information content (AvgIpc) is 3.10. The Hall–Kier alpha value is -1.02. The number of nitrogens with one attached hydrogen (secondary N) is 1. The summed E-state index contributed by atoms with van der Waals surface area (Å²) in [6, 6.07) is 7.31. The highest BCUT2D eigenvalue weighted by Crippen LogP contribution is 2.21. The van der Waals surface area contributed by atoms with E-state index in [9.17, 15) is 0 Å². The van der Waals surface area contributed by atoms with Crippen LogP contribution in [0, 0.1) is 12.8 Å². The van der Waals surface area contributed by atoms with Gasteiger partial charge in [-0.05, 0) is 55.8 Å². The van der Waals surface area contributed by atoms with Crippen LogP contribution in [0.15, 0.2) is 18.2 Å². The SMILES string of the molecule is COc1ccc(CC(C)CNC2CC2)cc1C. The van der Waals surface area contributed by atoms with Gasteiger partial charge in [0.15, 0.2) is 0 Å². The smallest absolute Gasteiger partial charge is 0.121 e. The molecule has 1 saturated carbocycles. The maximum Gasteiger partial charge on any atom is 0.121 e. The molecule has 1 aromatic carbocycles. The Morgan fingerprint density at radius 1 is 1.41 bits per heavy atom. The van der Waals surface area contributed by atoms with Crippen LogP contribution in [0.3, 0.4) is 0 Å². The number of rotatable bonds is 6. The fourth-order valence-corrected chi connectivity index (χ4v) is 2.20. The second kappa shape index (κ2) is 5.54. The van der Waals surface area contributed by atoms with E-state index in [1.54, 1.807) is 7.11 Å². The molecule has 1 aliphatic rings. The molecule has 94 valence electrons. The molecule has 1 aliphatic carbocycles. The Bertz CT molecular complexity index is 371. The molecule has 0 amide bonds. The lowest BCUT2D eigenvalue weighted by molar-refractivity contribution is 0.411. The van der Waals surface area contributed by atoms with Gasteiger partial charge in [0.25, 0.3) is 0 Å². The molecule has 0 bridgehead atoms. The normalized spacial score (nSPS) is 16.9. The largest absolute Gasteiger partial charge is 0.496 e. The summed E-state index contributed by atoms with van der Waals surface area (Å²) in [7, 11) is 1.73. The number of hydrogen-bond donors (Lipinski definition) is 1. The molecular formula is C15H23NO. The number of aryl methyl sites for hydroxylation is 1. The Kier molecular flexibility index (Phi) is 4.06. The molecule has 2 nitrogen and oxygen atoms in total. The van der Waals surface area contributed by atoms with Crippen LogP contribution in [0.2, 0.25) is 0 Å². The molecule has 1 N–H and O–H groups in total. The molecule has 1 atom stereocenters. The van der Waals surface area contributed by atoms with E-state index in [1.807, 2.05) is 0 Å². The molecule has 0 heterocycles. The summed E-state index contributed by atoms with van der Waals surface area (Å²) in [5.41, 5.74) is 2.64. The van der Waals surface area contributed by atoms with Crippen LogP contribution in [-0.4, -0.2) is 19.7 Å². The van der Waals surface area contributed by atoms with E-state index >= 15 is 0 Å². The first-order valence-corrected chi connectivity index (χ1v) is 6.56. The summed E-state index contributed by atoms with van der Waals surface area (Å²) in [4.78, 5) is 0. The van der Waals surface area contributed by atoms with Crippen LogP contribution < -0.4 is 10.1 Å². The Morgan fingerprint density at radius 3 is 2.76 bits per heavy atom. The third-order valence-corrected chi connectivity index (χ3v) is 3.38. The highest BCUT2D eigenvalue weighted by atomic mass is 16.5. The average molecular weight is 233 g/mol. The van der Waals surface area contributed by atoms with Crippen molar-refractivity contribution in [1.82, 2.24) is 5.32 Å². The van der Waals surface area contributed by atoms with Gasteiger partial charge in [0.05, 0.1) is 7.11 Å². The number of methoxy groups -OCH3 is 1. The maximum atomic E-state index is 5.28. The van der Waals surface area contributed by atoms with Gasteiger partial charge in [-0.25, -0.2) is 0 Å². The third kappa shape index (κ3) is 3.74. The van der Waals surface area contributed by atoms with Crippen molar-refractivity contribution in [3.63, 3.8) is 0 Å². The highest BCUT2D eigenvalue weighted by Gasteiger charge is 2.20. The maximum absolute atomic E-state index is 5.28. The third-order valence-electron chi connectivity index (χ3n) is 3.38. The topological polar surface area (TPSA) is 21.3 Å². The van der Waals surface area contributed by atoms with Crippen molar-refractivity contribution in [3.8, 4) is 5.75 Å². The summed E-state index contributed by atoms with van der Waals surface area (Å²) >= 11 is 0. The van der Waals surface area contributed by atoms with E-state index in [4.69, 9.17) is 4.74 Å². The monoisotopic (exact) mass is 233 g/mol. The van der Waals surface area contributed by atoms with E-state index < -0.39 is 0 Å².